The van der Waals surface area contributed by atoms with Crippen molar-refractivity contribution in [1.29, 1.82) is 0 Å². The van der Waals surface area contributed by atoms with Gasteiger partial charge < -0.3 is 4.74 Å². The van der Waals surface area contributed by atoms with Gasteiger partial charge in [0.2, 0.25) is 0 Å². The van der Waals surface area contributed by atoms with Crippen molar-refractivity contribution in [2.75, 3.05) is 7.11 Å². The number of ketones is 2. The first kappa shape index (κ1) is 15.6. The lowest BCUT2D eigenvalue weighted by Crippen LogP contribution is -2.26. The van der Waals surface area contributed by atoms with Gasteiger partial charge in [-0.2, -0.15) is 10.2 Å². The van der Waals surface area contributed by atoms with Gasteiger partial charge in [-0.1, -0.05) is 42.5 Å². The van der Waals surface area contributed by atoms with Crippen LogP contribution >= 0.6 is 0 Å². The minimum Gasteiger partial charge on any atom is -0.494 e. The number of para-hydroxylation sites is 1. The summed E-state index contributed by atoms with van der Waals surface area (Å²) in [5.74, 6) is -0.194. The molecule has 0 saturated heterocycles. The van der Waals surface area contributed by atoms with E-state index in [1.54, 1.807) is 54.6 Å². The summed E-state index contributed by atoms with van der Waals surface area (Å²) in [7, 11) is 1.52. The lowest BCUT2D eigenvalue weighted by atomic mass is 10.0. The lowest BCUT2D eigenvalue weighted by molar-refractivity contribution is -0.117. The van der Waals surface area contributed by atoms with Crippen LogP contribution in [0.1, 0.15) is 17.3 Å². The number of rotatable bonds is 6. The first-order valence-corrected chi connectivity index (χ1v) is 6.77. The van der Waals surface area contributed by atoms with Gasteiger partial charge in [0.15, 0.2) is 17.6 Å². The van der Waals surface area contributed by atoms with Gasteiger partial charge in [0.1, 0.15) is 11.4 Å². The number of carbonyl (C=O) groups excluding carboxylic acids is 2. The van der Waals surface area contributed by atoms with Crippen molar-refractivity contribution in [1.82, 2.24) is 0 Å². The van der Waals surface area contributed by atoms with Gasteiger partial charge in [0.05, 0.1) is 7.11 Å². The number of nitrogens with zero attached hydrogens (tertiary/aromatic N) is 2. The van der Waals surface area contributed by atoms with E-state index in [-0.39, 0.29) is 11.6 Å². The first-order chi connectivity index (χ1) is 10.6. The van der Waals surface area contributed by atoms with E-state index in [0.717, 1.165) is 0 Å². The van der Waals surface area contributed by atoms with E-state index in [4.69, 9.17) is 4.74 Å². The molecule has 0 bridgehead atoms. The van der Waals surface area contributed by atoms with Gasteiger partial charge in [-0.25, -0.2) is 0 Å². The number of hydrogen-bond acceptors (Lipinski definition) is 5. The molecule has 0 aliphatic heterocycles. The number of methoxy groups -OCH3 is 1. The topological polar surface area (TPSA) is 68.1 Å². The Kier molecular flexibility index (Phi) is 5.14. The van der Waals surface area contributed by atoms with Crippen molar-refractivity contribution in [3.63, 3.8) is 0 Å². The molecule has 112 valence electrons. The lowest BCUT2D eigenvalue weighted by Gasteiger charge is -2.07. The van der Waals surface area contributed by atoms with E-state index in [0.29, 0.717) is 17.0 Å². The number of azo groups is 1. The monoisotopic (exact) mass is 296 g/mol. The van der Waals surface area contributed by atoms with Crippen molar-refractivity contribution in [3.05, 3.63) is 60.2 Å². The zero-order valence-electron chi connectivity index (χ0n) is 12.4. The molecular formula is C17H16N2O3. The van der Waals surface area contributed by atoms with Gasteiger partial charge >= 0.3 is 0 Å². The predicted molar refractivity (Wildman–Crippen MR) is 82.8 cm³/mol. The third kappa shape index (κ3) is 3.63. The SMILES string of the molecule is COc1ccccc1N=NC(C(C)=O)C(=O)c1ccccc1. The molecule has 2 aromatic carbocycles. The molecular weight excluding hydrogens is 280 g/mol. The Morgan fingerprint density at radius 3 is 2.27 bits per heavy atom. The Morgan fingerprint density at radius 2 is 1.64 bits per heavy atom. The van der Waals surface area contributed by atoms with Crippen LogP contribution in [0.5, 0.6) is 5.75 Å². The zero-order chi connectivity index (χ0) is 15.9. The minimum absolute atomic E-state index is 0.354. The molecule has 0 amide bonds. The average Bonchev–Trinajstić information content (AvgIpc) is 2.55. The van der Waals surface area contributed by atoms with Crippen molar-refractivity contribution in [2.24, 2.45) is 10.2 Å². The van der Waals surface area contributed by atoms with Gasteiger partial charge in [-0.15, -0.1) is 0 Å². The maximum atomic E-state index is 12.4. The Labute approximate surface area is 128 Å². The van der Waals surface area contributed by atoms with Crippen molar-refractivity contribution >= 4 is 17.3 Å². The first-order valence-electron chi connectivity index (χ1n) is 6.77. The van der Waals surface area contributed by atoms with E-state index in [9.17, 15) is 9.59 Å². The van der Waals surface area contributed by atoms with Crippen molar-refractivity contribution in [3.8, 4) is 5.75 Å². The maximum Gasteiger partial charge on any atom is 0.196 e. The van der Waals surface area contributed by atoms with Crippen molar-refractivity contribution in [2.45, 2.75) is 13.0 Å². The summed E-state index contributed by atoms with van der Waals surface area (Å²) in [5.41, 5.74) is 0.902. The van der Waals surface area contributed by atoms with Gasteiger partial charge in [-0.05, 0) is 19.1 Å². The van der Waals surface area contributed by atoms with Crippen LogP contribution < -0.4 is 4.74 Å². The number of carbonyl (C=O) groups is 2. The van der Waals surface area contributed by atoms with Crippen LogP contribution in [0.4, 0.5) is 5.69 Å². The minimum atomic E-state index is -1.15. The summed E-state index contributed by atoms with van der Waals surface area (Å²) in [6, 6.07) is 14.4. The largest absolute Gasteiger partial charge is 0.494 e. The molecule has 0 spiro atoms. The molecule has 5 nitrogen and oxygen atoms in total. The molecule has 0 heterocycles. The van der Waals surface area contributed by atoms with E-state index in [1.807, 2.05) is 0 Å². The fourth-order valence-corrected chi connectivity index (χ4v) is 1.91. The average molecular weight is 296 g/mol. The summed E-state index contributed by atoms with van der Waals surface area (Å²) >= 11 is 0. The summed E-state index contributed by atoms with van der Waals surface area (Å²) < 4.78 is 5.16. The fourth-order valence-electron chi connectivity index (χ4n) is 1.91. The standard InChI is InChI=1S/C17H16N2O3/c1-12(20)16(17(21)13-8-4-3-5-9-13)19-18-14-10-6-7-11-15(14)22-2/h3-11,16H,1-2H3. The van der Waals surface area contributed by atoms with E-state index in [2.05, 4.69) is 10.2 Å². The van der Waals surface area contributed by atoms with E-state index in [1.165, 1.54) is 14.0 Å². The summed E-state index contributed by atoms with van der Waals surface area (Å²) in [5, 5.41) is 7.93. The van der Waals surface area contributed by atoms with Gasteiger partial charge in [0, 0.05) is 5.56 Å². The Bertz CT molecular complexity index is 696. The summed E-state index contributed by atoms with van der Waals surface area (Å²) in [4.78, 5) is 24.1. The quantitative estimate of drug-likeness (QED) is 0.464. The van der Waals surface area contributed by atoms with Crippen LogP contribution in [-0.4, -0.2) is 24.7 Å². The Morgan fingerprint density at radius 1 is 1.00 bits per heavy atom. The van der Waals surface area contributed by atoms with Gasteiger partial charge in [0.25, 0.3) is 0 Å². The predicted octanol–water partition coefficient (Wildman–Crippen LogP) is 3.62. The van der Waals surface area contributed by atoms with E-state index < -0.39 is 6.04 Å². The zero-order valence-corrected chi connectivity index (χ0v) is 12.4. The molecule has 22 heavy (non-hydrogen) atoms. The van der Waals surface area contributed by atoms with Crippen LogP contribution in [0.15, 0.2) is 64.8 Å². The number of ether oxygens (including phenoxy) is 1. The number of Topliss-reactive ketones (excluding diaryl/α,β-unsaturated/α-hetero) is 2. The second kappa shape index (κ2) is 7.26. The number of benzene rings is 2. The molecule has 0 N–H and O–H groups in total. The summed E-state index contributed by atoms with van der Waals surface area (Å²) in [6.07, 6.45) is 0. The highest BCUT2D eigenvalue weighted by atomic mass is 16.5. The smallest absolute Gasteiger partial charge is 0.196 e. The van der Waals surface area contributed by atoms with Crippen LogP contribution in [0.25, 0.3) is 0 Å². The second-order valence-corrected chi connectivity index (χ2v) is 4.63. The Balaban J connectivity index is 2.28. The second-order valence-electron chi connectivity index (χ2n) is 4.63. The van der Waals surface area contributed by atoms with E-state index >= 15 is 0 Å². The summed E-state index contributed by atoms with van der Waals surface area (Å²) in [6.45, 7) is 1.33. The van der Waals surface area contributed by atoms with Crippen LogP contribution in [-0.2, 0) is 4.79 Å². The third-order valence-electron chi connectivity index (χ3n) is 3.06. The normalized spacial score (nSPS) is 12.1. The van der Waals surface area contributed by atoms with Crippen LogP contribution in [0.3, 0.4) is 0 Å². The molecule has 1 unspecified atom stereocenters. The Hall–Kier alpha value is -2.82. The third-order valence-corrected chi connectivity index (χ3v) is 3.06. The number of hydrogen-bond donors (Lipinski definition) is 0. The maximum absolute atomic E-state index is 12.4. The highest BCUT2D eigenvalue weighted by Gasteiger charge is 2.24. The molecule has 2 aromatic rings. The fraction of sp³-hybridized carbons (Fsp3) is 0.176. The molecule has 0 fully saturated rings. The highest BCUT2D eigenvalue weighted by Crippen LogP contribution is 2.27. The molecule has 2 rings (SSSR count). The molecule has 5 heteroatoms. The highest BCUT2D eigenvalue weighted by molar-refractivity contribution is 6.13. The van der Waals surface area contributed by atoms with Gasteiger partial charge in [-0.3, -0.25) is 9.59 Å². The molecule has 0 radical (unpaired) electrons. The molecule has 1 atom stereocenters. The van der Waals surface area contributed by atoms with Crippen LogP contribution in [0.2, 0.25) is 0 Å². The van der Waals surface area contributed by atoms with Crippen molar-refractivity contribution < 1.29 is 14.3 Å². The molecule has 0 aliphatic rings. The molecule has 0 saturated carbocycles. The molecule has 0 aromatic heterocycles. The van der Waals surface area contributed by atoms with Crippen LogP contribution in [0, 0.1) is 0 Å². The molecule has 0 aliphatic carbocycles.